The van der Waals surface area contributed by atoms with Crippen LogP contribution >= 0.6 is 0 Å². The summed E-state index contributed by atoms with van der Waals surface area (Å²) in [5, 5.41) is 32.4. The smallest absolute Gasteiger partial charge is 0.291 e. The highest BCUT2D eigenvalue weighted by Crippen LogP contribution is 2.03. The van der Waals surface area contributed by atoms with Crippen LogP contribution in [0.3, 0.4) is 0 Å². The monoisotopic (exact) mass is 272 g/mol. The zero-order chi connectivity index (χ0) is 14.1. The van der Waals surface area contributed by atoms with Crippen molar-refractivity contribution < 1.29 is 20.1 Å². The van der Waals surface area contributed by atoms with Crippen LogP contribution in [0.2, 0.25) is 0 Å². The second-order valence-corrected chi connectivity index (χ2v) is 4.14. The lowest BCUT2D eigenvalue weighted by molar-refractivity contribution is -0.0466. The summed E-state index contributed by atoms with van der Waals surface area (Å²) in [5.74, 6) is -0.324. The largest absolute Gasteiger partial charge is 0.395 e. The summed E-state index contributed by atoms with van der Waals surface area (Å²) < 4.78 is 1.57. The van der Waals surface area contributed by atoms with Crippen LogP contribution in [0, 0.1) is 0 Å². The molecule has 8 nitrogen and oxygen atoms in total. The Morgan fingerprint density at radius 2 is 2.16 bits per heavy atom. The van der Waals surface area contributed by atoms with Gasteiger partial charge < -0.3 is 20.6 Å². The Balaban J connectivity index is 2.25. The Morgan fingerprint density at radius 1 is 1.37 bits per heavy atom. The minimum atomic E-state index is -1.24. The maximum atomic E-state index is 11.5. The van der Waals surface area contributed by atoms with E-state index in [0.717, 1.165) is 19.3 Å². The number of carbonyl (C=O) groups is 1. The molecule has 0 saturated heterocycles. The topological polar surface area (TPSA) is 121 Å². The molecule has 108 valence electrons. The predicted molar refractivity (Wildman–Crippen MR) is 66.1 cm³/mol. The first kappa shape index (κ1) is 15.5. The summed E-state index contributed by atoms with van der Waals surface area (Å²) in [5.41, 5.74) is 0. The fourth-order valence-electron chi connectivity index (χ4n) is 1.53. The van der Waals surface area contributed by atoms with Gasteiger partial charge in [0.2, 0.25) is 5.82 Å². The number of aryl methyl sites for hydroxylation is 1. The van der Waals surface area contributed by atoms with Crippen LogP contribution in [0.25, 0.3) is 0 Å². The zero-order valence-electron chi connectivity index (χ0n) is 10.7. The second-order valence-electron chi connectivity index (χ2n) is 4.14. The molecular formula is C11H20N4O4. The van der Waals surface area contributed by atoms with Gasteiger partial charge in [-0.15, -0.1) is 5.10 Å². The quantitative estimate of drug-likeness (QED) is 0.333. The molecule has 1 rings (SSSR count). The molecule has 0 bridgehead atoms. The van der Waals surface area contributed by atoms with Gasteiger partial charge in [-0.1, -0.05) is 6.42 Å². The van der Waals surface area contributed by atoms with Gasteiger partial charge in [0, 0.05) is 13.1 Å². The molecule has 19 heavy (non-hydrogen) atoms. The Kier molecular flexibility index (Phi) is 7.01. The zero-order valence-corrected chi connectivity index (χ0v) is 10.7. The van der Waals surface area contributed by atoms with E-state index in [-0.39, 0.29) is 19.0 Å². The van der Waals surface area contributed by atoms with Crippen molar-refractivity contribution in [2.45, 2.75) is 38.5 Å². The molecule has 1 heterocycles. The van der Waals surface area contributed by atoms with Crippen molar-refractivity contribution in [3.63, 3.8) is 0 Å². The van der Waals surface area contributed by atoms with E-state index in [1.54, 1.807) is 4.68 Å². The molecule has 0 radical (unpaired) electrons. The number of hydrogen-bond acceptors (Lipinski definition) is 6. The van der Waals surface area contributed by atoms with E-state index in [0.29, 0.717) is 13.0 Å². The van der Waals surface area contributed by atoms with Gasteiger partial charge in [-0.2, -0.15) is 0 Å². The van der Waals surface area contributed by atoms with E-state index in [4.69, 9.17) is 15.3 Å². The van der Waals surface area contributed by atoms with Crippen LogP contribution in [0.4, 0.5) is 0 Å². The number of nitrogens with one attached hydrogen (secondary N) is 1. The molecule has 8 heteroatoms. The number of hydrogen-bond donors (Lipinski definition) is 4. The molecule has 0 aliphatic heterocycles. The molecule has 0 saturated carbocycles. The predicted octanol–water partition coefficient (Wildman–Crippen LogP) is -1.13. The van der Waals surface area contributed by atoms with Crippen LogP contribution in [0.15, 0.2) is 6.33 Å². The van der Waals surface area contributed by atoms with Gasteiger partial charge in [0.25, 0.3) is 5.91 Å². The molecule has 0 aliphatic rings. The molecule has 4 N–H and O–H groups in total. The van der Waals surface area contributed by atoms with Crippen molar-refractivity contribution in [2.75, 3.05) is 13.2 Å². The maximum Gasteiger partial charge on any atom is 0.291 e. The third-order valence-electron chi connectivity index (χ3n) is 2.49. The first-order chi connectivity index (χ1) is 9.13. The number of aliphatic hydroxyl groups excluding tert-OH is 2. The van der Waals surface area contributed by atoms with Gasteiger partial charge in [0.15, 0.2) is 6.29 Å². The van der Waals surface area contributed by atoms with Gasteiger partial charge in [-0.25, -0.2) is 4.98 Å². The average Bonchev–Trinajstić information content (AvgIpc) is 2.84. The van der Waals surface area contributed by atoms with Crippen LogP contribution in [0.5, 0.6) is 0 Å². The van der Waals surface area contributed by atoms with Crippen molar-refractivity contribution in [3.05, 3.63) is 12.2 Å². The molecule has 1 aromatic heterocycles. The number of aromatic nitrogens is 3. The van der Waals surface area contributed by atoms with Crippen LogP contribution in [0.1, 0.15) is 36.3 Å². The number of carbonyl (C=O) groups excluding carboxylic acids is 1. The standard InChI is InChI=1S/C11H20N4O4/c16-7-5-12-11(19)10-13-8-15(14-10)6-3-1-2-4-9(17)18/h8-9,16-18H,1-7H2,(H,12,19). The molecular weight excluding hydrogens is 252 g/mol. The highest BCUT2D eigenvalue weighted by molar-refractivity contribution is 5.90. The van der Waals surface area contributed by atoms with Gasteiger partial charge in [0.1, 0.15) is 6.33 Å². The van der Waals surface area contributed by atoms with Crippen LogP contribution < -0.4 is 5.32 Å². The van der Waals surface area contributed by atoms with E-state index in [1.807, 2.05) is 0 Å². The molecule has 0 aliphatic carbocycles. The highest BCUT2D eigenvalue weighted by atomic mass is 16.5. The third kappa shape index (κ3) is 6.27. The summed E-state index contributed by atoms with van der Waals surface area (Å²) in [6.45, 7) is 0.682. The fraction of sp³-hybridized carbons (Fsp3) is 0.727. The highest BCUT2D eigenvalue weighted by Gasteiger charge is 2.10. The van der Waals surface area contributed by atoms with Crippen molar-refractivity contribution in [3.8, 4) is 0 Å². The lowest BCUT2D eigenvalue weighted by Gasteiger charge is -2.03. The van der Waals surface area contributed by atoms with Crippen molar-refractivity contribution in [1.82, 2.24) is 20.1 Å². The average molecular weight is 272 g/mol. The summed E-state index contributed by atoms with van der Waals surface area (Å²) >= 11 is 0. The van der Waals surface area contributed by atoms with Gasteiger partial charge in [-0.05, 0) is 19.3 Å². The van der Waals surface area contributed by atoms with E-state index in [1.165, 1.54) is 6.33 Å². The Labute approximate surface area is 111 Å². The van der Waals surface area contributed by atoms with E-state index >= 15 is 0 Å². The first-order valence-electron chi connectivity index (χ1n) is 6.28. The molecule has 0 fully saturated rings. The van der Waals surface area contributed by atoms with Gasteiger partial charge >= 0.3 is 0 Å². The number of aliphatic hydroxyl groups is 3. The van der Waals surface area contributed by atoms with Crippen molar-refractivity contribution >= 4 is 5.91 Å². The number of nitrogens with zero attached hydrogens (tertiary/aromatic N) is 3. The molecule has 0 aromatic carbocycles. The SMILES string of the molecule is O=C(NCCO)c1ncn(CCCCCC(O)O)n1. The summed E-state index contributed by atoms with van der Waals surface area (Å²) in [4.78, 5) is 15.3. The van der Waals surface area contributed by atoms with Crippen molar-refractivity contribution in [1.29, 1.82) is 0 Å². The minimum Gasteiger partial charge on any atom is -0.395 e. The number of rotatable bonds is 9. The normalized spacial score (nSPS) is 10.9. The first-order valence-corrected chi connectivity index (χ1v) is 6.28. The van der Waals surface area contributed by atoms with Gasteiger partial charge in [0.05, 0.1) is 6.61 Å². The molecule has 0 spiro atoms. The van der Waals surface area contributed by atoms with Gasteiger partial charge in [-0.3, -0.25) is 9.48 Å². The summed E-state index contributed by atoms with van der Waals surface area (Å²) in [7, 11) is 0. The van der Waals surface area contributed by atoms with Crippen LogP contribution in [-0.4, -0.2) is 55.4 Å². The van der Waals surface area contributed by atoms with E-state index in [9.17, 15) is 4.79 Å². The Morgan fingerprint density at radius 3 is 2.84 bits per heavy atom. The van der Waals surface area contributed by atoms with E-state index < -0.39 is 12.2 Å². The second kappa shape index (κ2) is 8.57. The maximum absolute atomic E-state index is 11.5. The lowest BCUT2D eigenvalue weighted by atomic mass is 10.2. The Hall–Kier alpha value is -1.51. The molecule has 1 amide bonds. The third-order valence-corrected chi connectivity index (χ3v) is 2.49. The number of amides is 1. The molecule has 0 atom stereocenters. The Bertz CT molecular complexity index is 381. The molecule has 1 aromatic rings. The van der Waals surface area contributed by atoms with Crippen LogP contribution in [-0.2, 0) is 6.54 Å². The van der Waals surface area contributed by atoms with E-state index in [2.05, 4.69) is 15.4 Å². The lowest BCUT2D eigenvalue weighted by Crippen LogP contribution is -2.27. The van der Waals surface area contributed by atoms with Crippen molar-refractivity contribution in [2.24, 2.45) is 0 Å². The summed E-state index contributed by atoms with van der Waals surface area (Å²) in [6, 6.07) is 0. The molecule has 0 unspecified atom stereocenters. The minimum absolute atomic E-state index is 0.0826. The fourth-order valence-corrected chi connectivity index (χ4v) is 1.53. The summed E-state index contributed by atoms with van der Waals surface area (Å²) in [6.07, 6.45) is 3.02. The number of unbranched alkanes of at least 4 members (excludes halogenated alkanes) is 2.